The number of methoxy groups -OCH3 is 1. The SMILES string of the molecule is CO[C@@H]1C=CO[C@H](C)[C@H]1OC(C)=O. The van der Waals surface area contributed by atoms with Gasteiger partial charge in [-0.25, -0.2) is 0 Å². The molecule has 4 nitrogen and oxygen atoms in total. The molecule has 74 valence electrons. The minimum Gasteiger partial charge on any atom is -0.495 e. The van der Waals surface area contributed by atoms with E-state index in [0.717, 1.165) is 0 Å². The molecule has 0 aromatic heterocycles. The molecule has 0 aromatic rings. The number of esters is 1. The van der Waals surface area contributed by atoms with E-state index < -0.39 is 0 Å². The van der Waals surface area contributed by atoms with Crippen molar-refractivity contribution >= 4 is 5.97 Å². The van der Waals surface area contributed by atoms with E-state index in [4.69, 9.17) is 14.2 Å². The third-order valence-electron chi connectivity index (χ3n) is 1.92. The monoisotopic (exact) mass is 186 g/mol. The van der Waals surface area contributed by atoms with Gasteiger partial charge in [-0.05, 0) is 13.0 Å². The molecule has 1 aliphatic heterocycles. The number of hydrogen-bond donors (Lipinski definition) is 0. The van der Waals surface area contributed by atoms with Gasteiger partial charge in [-0.1, -0.05) is 0 Å². The Morgan fingerprint density at radius 1 is 1.54 bits per heavy atom. The van der Waals surface area contributed by atoms with Gasteiger partial charge in [-0.2, -0.15) is 0 Å². The normalized spacial score (nSPS) is 32.4. The van der Waals surface area contributed by atoms with E-state index in [1.54, 1.807) is 19.4 Å². The Kier molecular flexibility index (Phi) is 3.31. The summed E-state index contributed by atoms with van der Waals surface area (Å²) < 4.78 is 15.4. The Hall–Kier alpha value is -1.03. The van der Waals surface area contributed by atoms with Crippen LogP contribution in [0.15, 0.2) is 12.3 Å². The molecule has 1 heterocycles. The minimum absolute atomic E-state index is 0.168. The zero-order valence-electron chi connectivity index (χ0n) is 8.02. The van der Waals surface area contributed by atoms with E-state index in [-0.39, 0.29) is 24.3 Å². The predicted octanol–water partition coefficient (Wildman–Crippen LogP) is 0.865. The lowest BCUT2D eigenvalue weighted by Gasteiger charge is -2.31. The molecule has 0 radical (unpaired) electrons. The fourth-order valence-electron chi connectivity index (χ4n) is 1.27. The number of hydrogen-bond acceptors (Lipinski definition) is 4. The maximum absolute atomic E-state index is 10.8. The van der Waals surface area contributed by atoms with E-state index in [2.05, 4.69) is 0 Å². The van der Waals surface area contributed by atoms with Crippen molar-refractivity contribution in [2.45, 2.75) is 32.2 Å². The maximum atomic E-state index is 10.8. The zero-order chi connectivity index (χ0) is 9.84. The van der Waals surface area contributed by atoms with Crippen molar-refractivity contribution in [2.75, 3.05) is 7.11 Å². The average Bonchev–Trinajstić information content (AvgIpc) is 2.08. The van der Waals surface area contributed by atoms with Crippen molar-refractivity contribution in [3.63, 3.8) is 0 Å². The van der Waals surface area contributed by atoms with E-state index in [0.29, 0.717) is 0 Å². The standard InChI is InChI=1S/C9H14O4/c1-6-9(13-7(2)10)8(11-3)4-5-12-6/h4-6,8-9H,1-3H3/t6-,8-,9-/m1/s1. The first kappa shape index (κ1) is 10.1. The fraction of sp³-hybridized carbons (Fsp3) is 0.667. The van der Waals surface area contributed by atoms with Gasteiger partial charge in [0.15, 0.2) is 6.10 Å². The first-order valence-electron chi connectivity index (χ1n) is 4.17. The van der Waals surface area contributed by atoms with Crippen molar-refractivity contribution < 1.29 is 19.0 Å². The van der Waals surface area contributed by atoms with Crippen molar-refractivity contribution in [3.8, 4) is 0 Å². The molecule has 0 bridgehead atoms. The van der Waals surface area contributed by atoms with Crippen LogP contribution in [0, 0.1) is 0 Å². The van der Waals surface area contributed by atoms with Gasteiger partial charge in [0.1, 0.15) is 12.2 Å². The summed E-state index contributed by atoms with van der Waals surface area (Å²) >= 11 is 0. The molecular formula is C9H14O4. The van der Waals surface area contributed by atoms with Crippen molar-refractivity contribution in [2.24, 2.45) is 0 Å². The van der Waals surface area contributed by atoms with Crippen LogP contribution >= 0.6 is 0 Å². The Morgan fingerprint density at radius 2 is 2.23 bits per heavy atom. The number of carbonyl (C=O) groups is 1. The lowest BCUT2D eigenvalue weighted by Crippen LogP contribution is -2.42. The molecule has 0 saturated heterocycles. The Morgan fingerprint density at radius 3 is 2.77 bits per heavy atom. The number of ether oxygens (including phenoxy) is 3. The highest BCUT2D eigenvalue weighted by atomic mass is 16.6. The molecule has 0 unspecified atom stereocenters. The molecule has 1 aliphatic rings. The van der Waals surface area contributed by atoms with Gasteiger partial charge in [0.2, 0.25) is 0 Å². The van der Waals surface area contributed by atoms with Crippen LogP contribution in [-0.4, -0.2) is 31.4 Å². The molecule has 0 amide bonds. The van der Waals surface area contributed by atoms with Crippen LogP contribution in [0.5, 0.6) is 0 Å². The molecule has 3 atom stereocenters. The second-order valence-electron chi connectivity index (χ2n) is 2.94. The lowest BCUT2D eigenvalue weighted by atomic mass is 10.1. The maximum Gasteiger partial charge on any atom is 0.303 e. The van der Waals surface area contributed by atoms with Crippen LogP contribution in [0.25, 0.3) is 0 Å². The second-order valence-corrected chi connectivity index (χ2v) is 2.94. The smallest absolute Gasteiger partial charge is 0.303 e. The van der Waals surface area contributed by atoms with Crippen LogP contribution < -0.4 is 0 Å². The third kappa shape index (κ3) is 2.45. The average molecular weight is 186 g/mol. The lowest BCUT2D eigenvalue weighted by molar-refractivity contribution is -0.162. The zero-order valence-corrected chi connectivity index (χ0v) is 8.02. The van der Waals surface area contributed by atoms with Crippen LogP contribution in [0.4, 0.5) is 0 Å². The van der Waals surface area contributed by atoms with Gasteiger partial charge in [0.05, 0.1) is 6.26 Å². The van der Waals surface area contributed by atoms with Gasteiger partial charge in [0.25, 0.3) is 0 Å². The summed E-state index contributed by atoms with van der Waals surface area (Å²) in [4.78, 5) is 10.8. The summed E-state index contributed by atoms with van der Waals surface area (Å²) in [6, 6.07) is 0. The first-order valence-corrected chi connectivity index (χ1v) is 4.17. The Bertz CT molecular complexity index is 212. The molecule has 1 rings (SSSR count). The van der Waals surface area contributed by atoms with Crippen molar-refractivity contribution in [3.05, 3.63) is 12.3 Å². The summed E-state index contributed by atoms with van der Waals surface area (Å²) in [5.41, 5.74) is 0. The highest BCUT2D eigenvalue weighted by molar-refractivity contribution is 5.66. The highest BCUT2D eigenvalue weighted by Gasteiger charge is 2.31. The van der Waals surface area contributed by atoms with E-state index in [9.17, 15) is 4.79 Å². The van der Waals surface area contributed by atoms with Gasteiger partial charge in [-0.15, -0.1) is 0 Å². The van der Waals surface area contributed by atoms with Gasteiger partial charge < -0.3 is 14.2 Å². The fourth-order valence-corrected chi connectivity index (χ4v) is 1.27. The molecule has 0 N–H and O–H groups in total. The molecule has 4 heteroatoms. The summed E-state index contributed by atoms with van der Waals surface area (Å²) in [7, 11) is 1.57. The Balaban J connectivity index is 2.65. The van der Waals surface area contributed by atoms with Crippen molar-refractivity contribution in [1.29, 1.82) is 0 Å². The van der Waals surface area contributed by atoms with E-state index >= 15 is 0 Å². The van der Waals surface area contributed by atoms with Crippen molar-refractivity contribution in [1.82, 2.24) is 0 Å². The van der Waals surface area contributed by atoms with Crippen LogP contribution in [0.1, 0.15) is 13.8 Å². The summed E-state index contributed by atoms with van der Waals surface area (Å²) in [6.07, 6.45) is 2.56. The molecule has 0 spiro atoms. The largest absolute Gasteiger partial charge is 0.495 e. The third-order valence-corrected chi connectivity index (χ3v) is 1.92. The molecular weight excluding hydrogens is 172 g/mol. The van der Waals surface area contributed by atoms with Crippen LogP contribution in [0.2, 0.25) is 0 Å². The summed E-state index contributed by atoms with van der Waals surface area (Å²) in [5, 5.41) is 0. The minimum atomic E-state index is -0.354. The van der Waals surface area contributed by atoms with E-state index in [1.165, 1.54) is 6.92 Å². The van der Waals surface area contributed by atoms with E-state index in [1.807, 2.05) is 6.92 Å². The topological polar surface area (TPSA) is 44.8 Å². The summed E-state index contributed by atoms with van der Waals surface area (Å²) in [6.45, 7) is 3.21. The number of carbonyl (C=O) groups excluding carboxylic acids is 1. The predicted molar refractivity (Wildman–Crippen MR) is 46.0 cm³/mol. The highest BCUT2D eigenvalue weighted by Crippen LogP contribution is 2.17. The molecule has 13 heavy (non-hydrogen) atoms. The second kappa shape index (κ2) is 4.28. The molecule has 0 saturated carbocycles. The molecule has 0 aliphatic carbocycles. The van der Waals surface area contributed by atoms with Crippen LogP contribution in [0.3, 0.4) is 0 Å². The van der Waals surface area contributed by atoms with Crippen LogP contribution in [-0.2, 0) is 19.0 Å². The van der Waals surface area contributed by atoms with Gasteiger partial charge in [-0.3, -0.25) is 4.79 Å². The first-order chi connectivity index (χ1) is 6.15. The molecule has 0 aromatic carbocycles. The summed E-state index contributed by atoms with van der Waals surface area (Å²) in [5.74, 6) is -0.321. The quantitative estimate of drug-likeness (QED) is 0.600. The number of rotatable bonds is 2. The molecule has 0 fully saturated rings. The Labute approximate surface area is 77.5 Å². The van der Waals surface area contributed by atoms with Gasteiger partial charge >= 0.3 is 5.97 Å². The van der Waals surface area contributed by atoms with Gasteiger partial charge in [0, 0.05) is 14.0 Å².